The molecule has 1 atom stereocenters. The Labute approximate surface area is 229 Å². The predicted molar refractivity (Wildman–Crippen MR) is 146 cm³/mol. The van der Waals surface area contributed by atoms with Crippen molar-refractivity contribution in [2.75, 3.05) is 53.0 Å². The maximum atomic E-state index is 13.9. The Kier molecular flexibility index (Phi) is 8.88. The third-order valence-electron chi connectivity index (χ3n) is 7.98. The van der Waals surface area contributed by atoms with Gasteiger partial charge in [-0.2, -0.15) is 5.10 Å². The Morgan fingerprint density at radius 3 is 2.41 bits per heavy atom. The molecule has 0 radical (unpaired) electrons. The van der Waals surface area contributed by atoms with Gasteiger partial charge < -0.3 is 14.4 Å². The second kappa shape index (κ2) is 12.7. The number of carbonyl (C=O) groups is 2. The smallest absolute Gasteiger partial charge is 0.262 e. The van der Waals surface area contributed by atoms with Gasteiger partial charge >= 0.3 is 0 Å². The van der Waals surface area contributed by atoms with Crippen LogP contribution >= 0.6 is 0 Å². The van der Waals surface area contributed by atoms with Gasteiger partial charge in [-0.25, -0.2) is 9.40 Å². The largest absolute Gasteiger partial charge is 0.497 e. The first-order chi connectivity index (χ1) is 19.0. The zero-order valence-corrected chi connectivity index (χ0v) is 22.6. The first kappa shape index (κ1) is 27.3. The van der Waals surface area contributed by atoms with Gasteiger partial charge in [0, 0.05) is 38.5 Å². The molecule has 2 aliphatic heterocycles. The highest BCUT2D eigenvalue weighted by molar-refractivity contribution is 6.03. The van der Waals surface area contributed by atoms with Gasteiger partial charge in [0.1, 0.15) is 18.1 Å². The van der Waals surface area contributed by atoms with E-state index in [1.807, 2.05) is 24.3 Å². The molecule has 0 spiro atoms. The molecular weight excluding hydrogens is 499 g/mol. The van der Waals surface area contributed by atoms with E-state index in [1.54, 1.807) is 24.1 Å². The molecule has 1 saturated heterocycles. The number of rotatable bonds is 9. The van der Waals surface area contributed by atoms with Crippen molar-refractivity contribution in [1.29, 1.82) is 0 Å². The minimum Gasteiger partial charge on any atom is -0.497 e. The van der Waals surface area contributed by atoms with Crippen molar-refractivity contribution in [1.82, 2.24) is 14.8 Å². The van der Waals surface area contributed by atoms with Gasteiger partial charge in [0.25, 0.3) is 5.91 Å². The van der Waals surface area contributed by atoms with E-state index in [1.165, 1.54) is 17.1 Å². The summed E-state index contributed by atoms with van der Waals surface area (Å²) in [6.45, 7) is 4.19. The number of hydrogen-bond acceptors (Lipinski definition) is 6. The van der Waals surface area contributed by atoms with Crippen molar-refractivity contribution in [3.63, 3.8) is 0 Å². The SMILES string of the molecule is COc1ccc(C2=NN(C(=O)CN(CCN3CCOCC3)C(=O)C3CCCC3)[C@@H](c3ccc(F)cc3)C2)cc1. The van der Waals surface area contributed by atoms with Gasteiger partial charge in [-0.1, -0.05) is 25.0 Å². The summed E-state index contributed by atoms with van der Waals surface area (Å²) in [6, 6.07) is 13.4. The Bertz CT molecular complexity index is 1160. The van der Waals surface area contributed by atoms with E-state index in [2.05, 4.69) is 4.90 Å². The van der Waals surface area contributed by atoms with Gasteiger partial charge in [-0.15, -0.1) is 0 Å². The van der Waals surface area contributed by atoms with E-state index >= 15 is 0 Å². The van der Waals surface area contributed by atoms with Crippen molar-refractivity contribution < 1.29 is 23.5 Å². The molecule has 0 bridgehead atoms. The lowest BCUT2D eigenvalue weighted by Crippen LogP contribution is -2.47. The van der Waals surface area contributed by atoms with E-state index in [9.17, 15) is 14.0 Å². The summed E-state index contributed by atoms with van der Waals surface area (Å²) in [5, 5.41) is 6.25. The number of ether oxygens (including phenoxy) is 2. The van der Waals surface area contributed by atoms with E-state index < -0.39 is 0 Å². The van der Waals surface area contributed by atoms with Crippen LogP contribution in [-0.2, 0) is 14.3 Å². The van der Waals surface area contributed by atoms with Crippen molar-refractivity contribution >= 4 is 17.5 Å². The Morgan fingerprint density at radius 1 is 1.05 bits per heavy atom. The highest BCUT2D eigenvalue weighted by Crippen LogP contribution is 2.34. The van der Waals surface area contributed by atoms with Crippen LogP contribution in [0.3, 0.4) is 0 Å². The van der Waals surface area contributed by atoms with Crippen molar-refractivity contribution in [3.8, 4) is 5.75 Å². The Hall–Kier alpha value is -3.30. The minimum absolute atomic E-state index is 0.0210. The van der Waals surface area contributed by atoms with Gasteiger partial charge in [-0.05, 0) is 60.4 Å². The van der Waals surface area contributed by atoms with Crippen LogP contribution in [0.5, 0.6) is 5.75 Å². The zero-order chi connectivity index (χ0) is 27.2. The van der Waals surface area contributed by atoms with Gasteiger partial charge in [0.2, 0.25) is 5.91 Å². The predicted octanol–water partition coefficient (Wildman–Crippen LogP) is 3.86. The monoisotopic (exact) mass is 536 g/mol. The summed E-state index contributed by atoms with van der Waals surface area (Å²) < 4.78 is 24.5. The molecule has 1 aliphatic carbocycles. The minimum atomic E-state index is -0.377. The average Bonchev–Trinajstić information content (AvgIpc) is 3.67. The molecule has 2 fully saturated rings. The fourth-order valence-corrected chi connectivity index (χ4v) is 5.66. The van der Waals surface area contributed by atoms with E-state index in [4.69, 9.17) is 14.6 Å². The molecule has 3 aliphatic rings. The lowest BCUT2D eigenvalue weighted by atomic mass is 9.98. The summed E-state index contributed by atoms with van der Waals surface area (Å²) >= 11 is 0. The van der Waals surface area contributed by atoms with Crippen LogP contribution in [0, 0.1) is 11.7 Å². The number of benzene rings is 2. The van der Waals surface area contributed by atoms with Gasteiger partial charge in [-0.3, -0.25) is 14.5 Å². The fraction of sp³-hybridized carbons (Fsp3) is 0.500. The van der Waals surface area contributed by atoms with E-state index in [-0.39, 0.29) is 36.1 Å². The van der Waals surface area contributed by atoms with E-state index in [0.717, 1.165) is 61.4 Å². The van der Waals surface area contributed by atoms with Crippen LogP contribution in [-0.4, -0.2) is 85.4 Å². The van der Waals surface area contributed by atoms with Crippen LogP contribution in [0.15, 0.2) is 53.6 Å². The molecule has 0 aromatic heterocycles. The van der Waals surface area contributed by atoms with Crippen molar-refractivity contribution in [3.05, 3.63) is 65.5 Å². The molecule has 8 nitrogen and oxygen atoms in total. The normalized spacial score (nSPS) is 20.2. The molecule has 5 rings (SSSR count). The number of hydrogen-bond donors (Lipinski definition) is 0. The second-order valence-electron chi connectivity index (χ2n) is 10.5. The molecule has 208 valence electrons. The summed E-state index contributed by atoms with van der Waals surface area (Å²) in [7, 11) is 1.62. The zero-order valence-electron chi connectivity index (χ0n) is 22.6. The Morgan fingerprint density at radius 2 is 1.74 bits per heavy atom. The Balaban J connectivity index is 1.37. The molecule has 0 N–H and O–H groups in total. The van der Waals surface area contributed by atoms with Crippen molar-refractivity contribution in [2.24, 2.45) is 11.0 Å². The maximum Gasteiger partial charge on any atom is 0.262 e. The molecule has 2 amide bonds. The summed E-state index contributed by atoms with van der Waals surface area (Å²) in [5.74, 6) is 0.212. The fourth-order valence-electron chi connectivity index (χ4n) is 5.66. The van der Waals surface area contributed by atoms with Crippen LogP contribution in [0.2, 0.25) is 0 Å². The maximum absolute atomic E-state index is 13.9. The topological polar surface area (TPSA) is 74.7 Å². The quantitative estimate of drug-likeness (QED) is 0.487. The lowest BCUT2D eigenvalue weighted by Gasteiger charge is -2.32. The molecule has 9 heteroatoms. The highest BCUT2D eigenvalue weighted by atomic mass is 19.1. The van der Waals surface area contributed by atoms with Crippen LogP contribution in [0.25, 0.3) is 0 Å². The molecule has 2 heterocycles. The van der Waals surface area contributed by atoms with E-state index in [0.29, 0.717) is 32.7 Å². The summed E-state index contributed by atoms with van der Waals surface area (Å²) in [4.78, 5) is 31.4. The molecule has 0 unspecified atom stereocenters. The van der Waals surface area contributed by atoms with Gasteiger partial charge in [0.05, 0.1) is 32.1 Å². The molecule has 39 heavy (non-hydrogen) atoms. The van der Waals surface area contributed by atoms with Crippen molar-refractivity contribution in [2.45, 2.75) is 38.1 Å². The van der Waals surface area contributed by atoms with Crippen LogP contribution in [0.4, 0.5) is 4.39 Å². The third kappa shape index (κ3) is 6.65. The summed E-state index contributed by atoms with van der Waals surface area (Å²) in [5.41, 5.74) is 2.46. The third-order valence-corrected chi connectivity index (χ3v) is 7.98. The molecular formula is C30H37FN4O4. The van der Waals surface area contributed by atoms with Crippen LogP contribution in [0.1, 0.15) is 49.3 Å². The standard InChI is InChI=1S/C30H37FN4O4/c1-38-26-12-8-22(9-13-26)27-20-28(23-6-10-25(31)11-7-23)35(32-27)29(36)21-34(30(37)24-4-2-3-5-24)15-14-33-16-18-39-19-17-33/h6-13,24,28H,2-5,14-21H2,1H3/t28-/m1/s1. The van der Waals surface area contributed by atoms with Crippen LogP contribution < -0.4 is 4.74 Å². The number of amides is 2. The number of methoxy groups -OCH3 is 1. The number of nitrogens with zero attached hydrogens (tertiary/aromatic N) is 4. The lowest BCUT2D eigenvalue weighted by molar-refractivity contribution is -0.144. The number of halogens is 1. The van der Waals surface area contributed by atoms with Gasteiger partial charge in [0.15, 0.2) is 0 Å². The number of morpholine rings is 1. The second-order valence-corrected chi connectivity index (χ2v) is 10.5. The molecule has 1 saturated carbocycles. The highest BCUT2D eigenvalue weighted by Gasteiger charge is 2.36. The first-order valence-corrected chi connectivity index (χ1v) is 13.9. The first-order valence-electron chi connectivity index (χ1n) is 13.9. The average molecular weight is 537 g/mol. The summed E-state index contributed by atoms with van der Waals surface area (Å²) in [6.07, 6.45) is 4.35. The number of hydrazone groups is 1. The molecule has 2 aromatic rings. The number of carbonyl (C=O) groups excluding carboxylic acids is 2. The molecule has 2 aromatic carbocycles.